The lowest BCUT2D eigenvalue weighted by Gasteiger charge is -2.32. The Kier molecular flexibility index (Phi) is 8.37. The van der Waals surface area contributed by atoms with Crippen molar-refractivity contribution in [3.8, 4) is 5.75 Å². The van der Waals surface area contributed by atoms with Gasteiger partial charge in [-0.3, -0.25) is 9.69 Å². The second kappa shape index (κ2) is 10.5. The van der Waals surface area contributed by atoms with Gasteiger partial charge in [0.05, 0.1) is 6.61 Å². The van der Waals surface area contributed by atoms with Crippen LogP contribution in [0.2, 0.25) is 0 Å². The molecule has 1 amide bonds. The predicted octanol–water partition coefficient (Wildman–Crippen LogP) is 3.34. The van der Waals surface area contributed by atoms with E-state index in [1.807, 2.05) is 0 Å². The lowest BCUT2D eigenvalue weighted by molar-refractivity contribution is -0.274. The Morgan fingerprint density at radius 3 is 2.48 bits per heavy atom. The quantitative estimate of drug-likeness (QED) is 0.660. The van der Waals surface area contributed by atoms with Crippen LogP contribution in [0.15, 0.2) is 24.3 Å². The minimum absolute atomic E-state index is 0.0654. The summed E-state index contributed by atoms with van der Waals surface area (Å²) in [6, 6.07) is 6.02. The van der Waals surface area contributed by atoms with E-state index in [9.17, 15) is 18.0 Å². The van der Waals surface area contributed by atoms with Crippen LogP contribution in [0.3, 0.4) is 0 Å². The molecule has 2 rings (SSSR count). The molecule has 1 N–H and O–H groups in total. The van der Waals surface area contributed by atoms with E-state index in [0.29, 0.717) is 32.0 Å². The van der Waals surface area contributed by atoms with Crippen LogP contribution in [0.5, 0.6) is 5.75 Å². The normalized spacial score (nSPS) is 16.3. The SMILES string of the molecule is COCCNC(=O)CCC1CCN(Cc2ccc(OC(F)(F)F)cc2)CC1. The number of hydrogen-bond acceptors (Lipinski definition) is 4. The molecule has 1 aliphatic heterocycles. The van der Waals surface area contributed by atoms with Gasteiger partial charge in [-0.15, -0.1) is 13.2 Å². The number of carbonyl (C=O) groups excluding carboxylic acids is 1. The Bertz CT molecular complexity index is 571. The zero-order chi connectivity index (χ0) is 19.7. The Balaban J connectivity index is 1.66. The molecule has 0 atom stereocenters. The molecule has 0 bridgehead atoms. The number of piperidine rings is 1. The van der Waals surface area contributed by atoms with Crippen LogP contribution < -0.4 is 10.1 Å². The lowest BCUT2D eigenvalue weighted by Crippen LogP contribution is -2.34. The molecule has 152 valence electrons. The molecule has 8 heteroatoms. The molecule has 27 heavy (non-hydrogen) atoms. The summed E-state index contributed by atoms with van der Waals surface area (Å²) in [6.07, 6.45) is -1.18. The minimum Gasteiger partial charge on any atom is -0.406 e. The molecule has 1 aromatic rings. The fraction of sp³-hybridized carbons (Fsp3) is 0.632. The molecule has 5 nitrogen and oxygen atoms in total. The van der Waals surface area contributed by atoms with Crippen molar-refractivity contribution in [2.75, 3.05) is 33.4 Å². The van der Waals surface area contributed by atoms with Gasteiger partial charge < -0.3 is 14.8 Å². The molecule has 1 heterocycles. The number of rotatable bonds is 9. The lowest BCUT2D eigenvalue weighted by atomic mass is 9.92. The zero-order valence-electron chi connectivity index (χ0n) is 15.6. The largest absolute Gasteiger partial charge is 0.573 e. The van der Waals surface area contributed by atoms with Crippen LogP contribution >= 0.6 is 0 Å². The first kappa shape index (κ1) is 21.5. The van der Waals surface area contributed by atoms with Crippen LogP contribution in [-0.4, -0.2) is 50.5 Å². The monoisotopic (exact) mass is 388 g/mol. The first-order valence-electron chi connectivity index (χ1n) is 9.18. The van der Waals surface area contributed by atoms with Crippen LogP contribution in [0, 0.1) is 5.92 Å². The fourth-order valence-electron chi connectivity index (χ4n) is 3.20. The molecule has 0 aromatic heterocycles. The molecule has 0 radical (unpaired) electrons. The maximum atomic E-state index is 12.2. The summed E-state index contributed by atoms with van der Waals surface area (Å²) in [5, 5.41) is 2.83. The average Bonchev–Trinajstić information content (AvgIpc) is 2.62. The van der Waals surface area contributed by atoms with Gasteiger partial charge in [0.15, 0.2) is 0 Å². The second-order valence-corrected chi connectivity index (χ2v) is 6.79. The maximum absolute atomic E-state index is 12.2. The van der Waals surface area contributed by atoms with Crippen LogP contribution in [0.4, 0.5) is 13.2 Å². The molecule has 0 aliphatic carbocycles. The average molecular weight is 388 g/mol. The van der Waals surface area contributed by atoms with Crippen LogP contribution in [0.25, 0.3) is 0 Å². The molecule has 0 spiro atoms. The Morgan fingerprint density at radius 2 is 1.89 bits per heavy atom. The molecule has 1 aliphatic rings. The van der Waals surface area contributed by atoms with Gasteiger partial charge >= 0.3 is 6.36 Å². The van der Waals surface area contributed by atoms with Crippen molar-refractivity contribution in [2.45, 2.75) is 38.6 Å². The van der Waals surface area contributed by atoms with E-state index in [0.717, 1.165) is 37.9 Å². The summed E-state index contributed by atoms with van der Waals surface area (Å²) >= 11 is 0. The molecule has 0 unspecified atom stereocenters. The number of amides is 1. The van der Waals surface area contributed by atoms with Crippen molar-refractivity contribution in [3.63, 3.8) is 0 Å². The van der Waals surface area contributed by atoms with Gasteiger partial charge in [-0.25, -0.2) is 0 Å². The van der Waals surface area contributed by atoms with E-state index < -0.39 is 6.36 Å². The number of ether oxygens (including phenoxy) is 2. The fourth-order valence-corrected chi connectivity index (χ4v) is 3.20. The Hall–Kier alpha value is -1.80. The maximum Gasteiger partial charge on any atom is 0.573 e. The van der Waals surface area contributed by atoms with E-state index >= 15 is 0 Å². The number of carbonyl (C=O) groups is 1. The van der Waals surface area contributed by atoms with Gasteiger partial charge in [0, 0.05) is 26.6 Å². The number of alkyl halides is 3. The first-order chi connectivity index (χ1) is 12.9. The van der Waals surface area contributed by atoms with Crippen molar-refractivity contribution in [1.82, 2.24) is 10.2 Å². The van der Waals surface area contributed by atoms with Gasteiger partial charge in [0.2, 0.25) is 5.91 Å². The van der Waals surface area contributed by atoms with Gasteiger partial charge in [-0.2, -0.15) is 0 Å². The number of nitrogens with zero attached hydrogens (tertiary/aromatic N) is 1. The van der Waals surface area contributed by atoms with Crippen molar-refractivity contribution < 1.29 is 27.4 Å². The zero-order valence-corrected chi connectivity index (χ0v) is 15.6. The van der Waals surface area contributed by atoms with Gasteiger partial charge in [0.1, 0.15) is 5.75 Å². The summed E-state index contributed by atoms with van der Waals surface area (Å²) < 4.78 is 45.3. The third kappa shape index (κ3) is 8.62. The molecule has 1 saturated heterocycles. The highest BCUT2D eigenvalue weighted by Gasteiger charge is 2.31. The molecular weight excluding hydrogens is 361 g/mol. The van der Waals surface area contributed by atoms with Crippen LogP contribution in [-0.2, 0) is 16.1 Å². The number of methoxy groups -OCH3 is 1. The molecule has 0 saturated carbocycles. The van der Waals surface area contributed by atoms with E-state index in [4.69, 9.17) is 4.74 Å². The van der Waals surface area contributed by atoms with Crippen molar-refractivity contribution in [3.05, 3.63) is 29.8 Å². The number of likely N-dealkylation sites (tertiary alicyclic amines) is 1. The third-order valence-corrected chi connectivity index (χ3v) is 4.68. The summed E-state index contributed by atoms with van der Waals surface area (Å²) in [4.78, 5) is 14.0. The van der Waals surface area contributed by atoms with E-state index in [1.165, 1.54) is 12.1 Å². The summed E-state index contributed by atoms with van der Waals surface area (Å²) in [5.74, 6) is 0.404. The number of hydrogen-bond donors (Lipinski definition) is 1. The Morgan fingerprint density at radius 1 is 1.22 bits per heavy atom. The summed E-state index contributed by atoms with van der Waals surface area (Å²) in [7, 11) is 1.60. The minimum atomic E-state index is -4.66. The van der Waals surface area contributed by atoms with Crippen molar-refractivity contribution in [1.29, 1.82) is 0 Å². The van der Waals surface area contributed by atoms with E-state index in [1.54, 1.807) is 19.2 Å². The van der Waals surface area contributed by atoms with E-state index in [-0.39, 0.29) is 11.7 Å². The summed E-state index contributed by atoms with van der Waals surface area (Å²) in [5.41, 5.74) is 0.959. The topological polar surface area (TPSA) is 50.8 Å². The van der Waals surface area contributed by atoms with Gasteiger partial charge in [-0.1, -0.05) is 12.1 Å². The first-order valence-corrected chi connectivity index (χ1v) is 9.18. The van der Waals surface area contributed by atoms with Crippen molar-refractivity contribution in [2.24, 2.45) is 5.92 Å². The predicted molar refractivity (Wildman–Crippen MR) is 95.2 cm³/mol. The highest BCUT2D eigenvalue weighted by atomic mass is 19.4. The number of benzene rings is 1. The standard InChI is InChI=1S/C19H27F3N2O3/c1-26-13-10-23-18(25)7-4-15-8-11-24(12-9-15)14-16-2-5-17(6-3-16)27-19(20,21)22/h2-3,5-6,15H,4,7-14H2,1H3,(H,23,25). The van der Waals surface area contributed by atoms with Crippen LogP contribution in [0.1, 0.15) is 31.2 Å². The number of nitrogens with one attached hydrogen (secondary N) is 1. The third-order valence-electron chi connectivity index (χ3n) is 4.68. The number of halogens is 3. The Labute approximate surface area is 157 Å². The van der Waals surface area contributed by atoms with E-state index in [2.05, 4.69) is 15.0 Å². The van der Waals surface area contributed by atoms with Gasteiger partial charge in [0.25, 0.3) is 0 Å². The van der Waals surface area contributed by atoms with Crippen molar-refractivity contribution >= 4 is 5.91 Å². The molecular formula is C19H27F3N2O3. The smallest absolute Gasteiger partial charge is 0.406 e. The van der Waals surface area contributed by atoms with Gasteiger partial charge in [-0.05, 0) is 56.0 Å². The highest BCUT2D eigenvalue weighted by Crippen LogP contribution is 2.25. The molecule has 1 aromatic carbocycles. The summed E-state index contributed by atoms with van der Waals surface area (Å²) in [6.45, 7) is 3.62. The highest BCUT2D eigenvalue weighted by molar-refractivity contribution is 5.75. The second-order valence-electron chi connectivity index (χ2n) is 6.79. The molecule has 1 fully saturated rings.